The van der Waals surface area contributed by atoms with Crippen molar-refractivity contribution in [2.75, 3.05) is 13.2 Å². The largest absolute Gasteiger partial charge is 0.394 e. The Morgan fingerprint density at radius 3 is 2.44 bits per heavy atom. The second-order valence-electron chi connectivity index (χ2n) is 4.06. The molecule has 2 atom stereocenters. The standard InChI is InChI=1S/C12H15BrO3/c13-9-3-1-8(2-4-9)11-5-12(11)16-10(6-14)7-15/h1-4,10-12,14-15H,5-7H2/t11?,12-/m1/s1. The smallest absolute Gasteiger partial charge is 0.104 e. The highest BCUT2D eigenvalue weighted by molar-refractivity contribution is 9.10. The maximum Gasteiger partial charge on any atom is 0.104 e. The molecule has 0 aromatic heterocycles. The summed E-state index contributed by atoms with van der Waals surface area (Å²) in [5.41, 5.74) is 1.25. The van der Waals surface area contributed by atoms with E-state index >= 15 is 0 Å². The van der Waals surface area contributed by atoms with Crippen molar-refractivity contribution in [3.8, 4) is 0 Å². The summed E-state index contributed by atoms with van der Waals surface area (Å²) in [4.78, 5) is 0. The number of rotatable bonds is 5. The first-order valence-corrected chi connectivity index (χ1v) is 6.16. The van der Waals surface area contributed by atoms with Gasteiger partial charge in [-0.25, -0.2) is 0 Å². The van der Waals surface area contributed by atoms with Crippen LogP contribution in [0.5, 0.6) is 0 Å². The molecule has 0 bridgehead atoms. The normalized spacial score (nSPS) is 23.8. The summed E-state index contributed by atoms with van der Waals surface area (Å²) < 4.78 is 6.61. The SMILES string of the molecule is OCC(CO)O[C@@H]1CC1c1ccc(Br)cc1. The Labute approximate surface area is 103 Å². The molecular weight excluding hydrogens is 272 g/mol. The number of aliphatic hydroxyl groups is 2. The lowest BCUT2D eigenvalue weighted by Gasteiger charge is -2.12. The van der Waals surface area contributed by atoms with Crippen molar-refractivity contribution in [1.82, 2.24) is 0 Å². The van der Waals surface area contributed by atoms with Gasteiger partial charge in [0.25, 0.3) is 0 Å². The van der Waals surface area contributed by atoms with Crippen LogP contribution < -0.4 is 0 Å². The minimum absolute atomic E-state index is 0.125. The summed E-state index contributed by atoms with van der Waals surface area (Å²) in [6, 6.07) is 8.18. The monoisotopic (exact) mass is 286 g/mol. The van der Waals surface area contributed by atoms with E-state index in [0.717, 1.165) is 10.9 Å². The molecule has 0 amide bonds. The Morgan fingerprint density at radius 2 is 1.88 bits per heavy atom. The van der Waals surface area contributed by atoms with Crippen molar-refractivity contribution >= 4 is 15.9 Å². The van der Waals surface area contributed by atoms with Crippen LogP contribution >= 0.6 is 15.9 Å². The van der Waals surface area contributed by atoms with E-state index in [1.165, 1.54) is 5.56 Å². The van der Waals surface area contributed by atoms with Gasteiger partial charge in [-0.1, -0.05) is 28.1 Å². The fourth-order valence-corrected chi connectivity index (χ4v) is 2.04. The third-order valence-electron chi connectivity index (χ3n) is 2.80. The zero-order valence-corrected chi connectivity index (χ0v) is 10.4. The molecular formula is C12H15BrO3. The van der Waals surface area contributed by atoms with E-state index in [1.54, 1.807) is 0 Å². The molecule has 1 aliphatic carbocycles. The average molecular weight is 287 g/mol. The topological polar surface area (TPSA) is 49.7 Å². The first-order valence-electron chi connectivity index (χ1n) is 5.37. The van der Waals surface area contributed by atoms with Crippen LogP contribution in [0.15, 0.2) is 28.7 Å². The molecule has 1 aromatic rings. The van der Waals surface area contributed by atoms with E-state index in [0.29, 0.717) is 5.92 Å². The zero-order valence-electron chi connectivity index (χ0n) is 8.84. The quantitative estimate of drug-likeness (QED) is 0.866. The molecule has 1 unspecified atom stereocenters. The van der Waals surface area contributed by atoms with E-state index in [2.05, 4.69) is 28.1 Å². The molecule has 0 saturated heterocycles. The highest BCUT2D eigenvalue weighted by atomic mass is 79.9. The van der Waals surface area contributed by atoms with Crippen LogP contribution in [0.4, 0.5) is 0 Å². The summed E-state index contributed by atoms with van der Waals surface area (Å²) >= 11 is 3.40. The Kier molecular flexibility index (Phi) is 3.97. The fourth-order valence-electron chi connectivity index (χ4n) is 1.77. The van der Waals surface area contributed by atoms with Crippen molar-refractivity contribution in [3.05, 3.63) is 34.3 Å². The van der Waals surface area contributed by atoms with Crippen LogP contribution in [0.1, 0.15) is 17.9 Å². The molecule has 4 heteroatoms. The van der Waals surface area contributed by atoms with Crippen LogP contribution in [-0.2, 0) is 4.74 Å². The van der Waals surface area contributed by atoms with Gasteiger partial charge in [-0.15, -0.1) is 0 Å². The summed E-state index contributed by atoms with van der Waals surface area (Å²) in [6.45, 7) is -0.250. The molecule has 2 rings (SSSR count). The van der Waals surface area contributed by atoms with Crippen molar-refractivity contribution in [2.24, 2.45) is 0 Å². The average Bonchev–Trinajstić information content (AvgIpc) is 3.06. The number of hydrogen-bond acceptors (Lipinski definition) is 3. The lowest BCUT2D eigenvalue weighted by Crippen LogP contribution is -2.23. The predicted octanol–water partition coefficient (Wildman–Crippen LogP) is 1.67. The van der Waals surface area contributed by atoms with Gasteiger partial charge in [-0.3, -0.25) is 0 Å². The van der Waals surface area contributed by atoms with Gasteiger partial charge in [0.2, 0.25) is 0 Å². The number of hydrogen-bond donors (Lipinski definition) is 2. The first-order chi connectivity index (χ1) is 7.74. The van der Waals surface area contributed by atoms with Gasteiger partial charge >= 0.3 is 0 Å². The molecule has 0 aliphatic heterocycles. The summed E-state index contributed by atoms with van der Waals surface area (Å²) in [7, 11) is 0. The third-order valence-corrected chi connectivity index (χ3v) is 3.33. The minimum Gasteiger partial charge on any atom is -0.394 e. The van der Waals surface area contributed by atoms with Gasteiger partial charge in [0.1, 0.15) is 6.10 Å². The van der Waals surface area contributed by atoms with E-state index < -0.39 is 6.10 Å². The van der Waals surface area contributed by atoms with Gasteiger partial charge in [0.05, 0.1) is 19.3 Å². The molecule has 1 fully saturated rings. The second kappa shape index (κ2) is 5.27. The molecule has 0 heterocycles. The Morgan fingerprint density at radius 1 is 1.25 bits per heavy atom. The van der Waals surface area contributed by atoms with Crippen LogP contribution in [0.3, 0.4) is 0 Å². The van der Waals surface area contributed by atoms with Gasteiger partial charge in [-0.05, 0) is 24.1 Å². The molecule has 0 spiro atoms. The Hall–Kier alpha value is -0.420. The maximum atomic E-state index is 8.90. The highest BCUT2D eigenvalue weighted by Gasteiger charge is 2.40. The molecule has 2 N–H and O–H groups in total. The van der Waals surface area contributed by atoms with Crippen LogP contribution in [0, 0.1) is 0 Å². The summed E-state index contributed by atoms with van der Waals surface area (Å²) in [5, 5.41) is 17.8. The zero-order chi connectivity index (χ0) is 11.5. The Bertz CT molecular complexity index is 335. The van der Waals surface area contributed by atoms with Gasteiger partial charge in [0, 0.05) is 10.4 Å². The van der Waals surface area contributed by atoms with Gasteiger partial charge in [0.15, 0.2) is 0 Å². The lowest BCUT2D eigenvalue weighted by molar-refractivity contribution is -0.0305. The highest BCUT2D eigenvalue weighted by Crippen LogP contribution is 2.44. The molecule has 3 nitrogen and oxygen atoms in total. The summed E-state index contributed by atoms with van der Waals surface area (Å²) in [6.07, 6.45) is 0.675. The number of halogens is 1. The molecule has 1 saturated carbocycles. The molecule has 88 valence electrons. The third kappa shape index (κ3) is 2.83. The molecule has 1 aliphatic rings. The molecule has 16 heavy (non-hydrogen) atoms. The minimum atomic E-state index is -0.439. The van der Waals surface area contributed by atoms with Crippen molar-refractivity contribution < 1.29 is 14.9 Å². The van der Waals surface area contributed by atoms with E-state index in [-0.39, 0.29) is 19.3 Å². The van der Waals surface area contributed by atoms with Gasteiger partial charge in [-0.2, -0.15) is 0 Å². The maximum absolute atomic E-state index is 8.90. The van der Waals surface area contributed by atoms with Crippen molar-refractivity contribution in [1.29, 1.82) is 0 Å². The predicted molar refractivity (Wildman–Crippen MR) is 64.3 cm³/mol. The van der Waals surface area contributed by atoms with Gasteiger partial charge < -0.3 is 14.9 Å². The lowest BCUT2D eigenvalue weighted by atomic mass is 10.1. The fraction of sp³-hybridized carbons (Fsp3) is 0.500. The number of aliphatic hydroxyl groups excluding tert-OH is 2. The Balaban J connectivity index is 1.89. The van der Waals surface area contributed by atoms with Crippen molar-refractivity contribution in [3.63, 3.8) is 0 Å². The summed E-state index contributed by atoms with van der Waals surface area (Å²) in [5.74, 6) is 0.411. The van der Waals surface area contributed by atoms with Crippen LogP contribution in [-0.4, -0.2) is 35.6 Å². The van der Waals surface area contributed by atoms with Crippen molar-refractivity contribution in [2.45, 2.75) is 24.5 Å². The van der Waals surface area contributed by atoms with E-state index in [9.17, 15) is 0 Å². The molecule has 0 radical (unpaired) electrons. The van der Waals surface area contributed by atoms with E-state index in [1.807, 2.05) is 12.1 Å². The first kappa shape index (κ1) is 12.0. The van der Waals surface area contributed by atoms with Crippen LogP contribution in [0.25, 0.3) is 0 Å². The number of benzene rings is 1. The van der Waals surface area contributed by atoms with E-state index in [4.69, 9.17) is 14.9 Å². The van der Waals surface area contributed by atoms with Crippen LogP contribution in [0.2, 0.25) is 0 Å². The second-order valence-corrected chi connectivity index (χ2v) is 4.97. The molecule has 1 aromatic carbocycles. The number of ether oxygens (including phenoxy) is 1.